The molecule has 1 aliphatic rings. The van der Waals surface area contributed by atoms with E-state index < -0.39 is 0 Å². The summed E-state index contributed by atoms with van der Waals surface area (Å²) in [5.41, 5.74) is 0.471. The molecule has 0 fully saturated rings. The highest BCUT2D eigenvalue weighted by Gasteiger charge is 2.21. The van der Waals surface area contributed by atoms with Gasteiger partial charge in [0, 0.05) is 43.9 Å². The third-order valence-electron chi connectivity index (χ3n) is 3.32. The maximum absolute atomic E-state index is 12.1. The van der Waals surface area contributed by atoms with Gasteiger partial charge < -0.3 is 14.6 Å². The first-order valence-corrected chi connectivity index (χ1v) is 7.38. The summed E-state index contributed by atoms with van der Waals surface area (Å²) in [5.74, 6) is 0.976. The molecule has 7 heteroatoms. The van der Waals surface area contributed by atoms with E-state index in [4.69, 9.17) is 4.74 Å². The summed E-state index contributed by atoms with van der Waals surface area (Å²) in [4.78, 5) is 20.7. The monoisotopic (exact) mass is 292 g/mol. The minimum Gasteiger partial charge on any atom is -0.378 e. The number of carbonyl (C=O) groups excluding carboxylic acids is 1. The van der Waals surface area contributed by atoms with E-state index in [2.05, 4.69) is 19.9 Å². The summed E-state index contributed by atoms with van der Waals surface area (Å²) in [6.07, 6.45) is 5.56. The minimum absolute atomic E-state index is 0.114. The van der Waals surface area contributed by atoms with Crippen molar-refractivity contribution in [1.82, 2.24) is 19.9 Å². The number of aromatic nitrogens is 3. The van der Waals surface area contributed by atoms with Gasteiger partial charge in [-0.3, -0.25) is 4.79 Å². The largest absolute Gasteiger partial charge is 0.378 e. The van der Waals surface area contributed by atoms with Gasteiger partial charge in [-0.15, -0.1) is 11.3 Å². The number of methoxy groups -OCH3 is 1. The fourth-order valence-electron chi connectivity index (χ4n) is 2.35. The molecule has 0 spiro atoms. The molecule has 1 N–H and O–H groups in total. The molecule has 1 amide bonds. The Morgan fingerprint density at radius 3 is 3.40 bits per heavy atom. The normalized spacial score (nSPS) is 17.8. The van der Waals surface area contributed by atoms with Crippen LogP contribution in [0.2, 0.25) is 0 Å². The first kappa shape index (κ1) is 13.3. The molecule has 3 rings (SSSR count). The van der Waals surface area contributed by atoms with Crippen molar-refractivity contribution in [3.63, 3.8) is 0 Å². The Hall–Kier alpha value is -1.73. The molecule has 0 bridgehead atoms. The third kappa shape index (κ3) is 2.73. The van der Waals surface area contributed by atoms with Crippen molar-refractivity contribution < 1.29 is 9.53 Å². The van der Waals surface area contributed by atoms with Crippen molar-refractivity contribution in [3.8, 4) is 0 Å². The van der Waals surface area contributed by atoms with Gasteiger partial charge in [0.15, 0.2) is 0 Å². The van der Waals surface area contributed by atoms with Gasteiger partial charge in [-0.25, -0.2) is 9.97 Å². The Kier molecular flexibility index (Phi) is 3.79. The minimum atomic E-state index is -0.114. The number of imidazole rings is 1. The number of carbonyl (C=O) groups is 1. The van der Waals surface area contributed by atoms with Crippen LogP contribution in [0.3, 0.4) is 0 Å². The Morgan fingerprint density at radius 1 is 1.65 bits per heavy atom. The number of thiazole rings is 1. The average Bonchev–Trinajstić information content (AvgIpc) is 3.07. The lowest BCUT2D eigenvalue weighted by Crippen LogP contribution is -2.41. The van der Waals surface area contributed by atoms with E-state index in [9.17, 15) is 4.79 Å². The van der Waals surface area contributed by atoms with E-state index >= 15 is 0 Å². The quantitative estimate of drug-likeness (QED) is 0.920. The highest BCUT2D eigenvalue weighted by atomic mass is 32.1. The molecule has 2 aromatic heterocycles. The van der Waals surface area contributed by atoms with Crippen molar-refractivity contribution in [2.24, 2.45) is 0 Å². The average molecular weight is 292 g/mol. The lowest BCUT2D eigenvalue weighted by molar-refractivity contribution is 0.0922. The van der Waals surface area contributed by atoms with Crippen LogP contribution in [0.1, 0.15) is 27.7 Å². The number of ether oxygens (including phenoxy) is 1. The smallest absolute Gasteiger partial charge is 0.271 e. The Labute approximate surface area is 120 Å². The van der Waals surface area contributed by atoms with Crippen LogP contribution in [0.15, 0.2) is 17.8 Å². The maximum Gasteiger partial charge on any atom is 0.271 e. The van der Waals surface area contributed by atoms with Crippen LogP contribution in [-0.4, -0.2) is 33.6 Å². The van der Waals surface area contributed by atoms with Crippen molar-refractivity contribution in [2.45, 2.75) is 32.0 Å². The molecule has 0 aliphatic carbocycles. The molecule has 0 aromatic carbocycles. The van der Waals surface area contributed by atoms with Gasteiger partial charge in [-0.05, 0) is 6.42 Å². The van der Waals surface area contributed by atoms with E-state index in [1.54, 1.807) is 18.7 Å². The van der Waals surface area contributed by atoms with Gasteiger partial charge in [0.05, 0.1) is 6.61 Å². The number of nitrogens with one attached hydrogen (secondary N) is 1. The zero-order valence-corrected chi connectivity index (χ0v) is 12.0. The zero-order chi connectivity index (χ0) is 13.9. The molecule has 2 aromatic rings. The second-order valence-electron chi connectivity index (χ2n) is 4.76. The van der Waals surface area contributed by atoms with Crippen LogP contribution < -0.4 is 5.32 Å². The summed E-state index contributed by atoms with van der Waals surface area (Å²) < 4.78 is 7.10. The third-order valence-corrected chi connectivity index (χ3v) is 4.14. The number of rotatable bonds is 4. The van der Waals surface area contributed by atoms with Crippen LogP contribution >= 0.6 is 11.3 Å². The van der Waals surface area contributed by atoms with Crippen LogP contribution in [0.5, 0.6) is 0 Å². The molecule has 0 unspecified atom stereocenters. The predicted molar refractivity (Wildman–Crippen MR) is 74.6 cm³/mol. The molecular formula is C13H16N4O2S. The Balaban J connectivity index is 1.61. The number of hydrogen-bond donors (Lipinski definition) is 1. The topological polar surface area (TPSA) is 69.0 Å². The number of amides is 1. The fourth-order valence-corrected chi connectivity index (χ4v) is 3.09. The number of aryl methyl sites for hydroxylation is 1. The molecular weight excluding hydrogens is 276 g/mol. The van der Waals surface area contributed by atoms with Gasteiger partial charge >= 0.3 is 0 Å². The van der Waals surface area contributed by atoms with Crippen LogP contribution in [-0.2, 0) is 24.3 Å². The number of fused-ring (bicyclic) bond motifs is 1. The standard InChI is InChI=1S/C13H16N4O2S/c1-19-7-12-16-10(8-20-12)13(18)15-9-2-3-11-14-4-5-17(11)6-9/h4-5,8-9H,2-3,6-7H2,1H3,(H,15,18)/t9-/m0/s1. The maximum atomic E-state index is 12.1. The lowest BCUT2D eigenvalue weighted by Gasteiger charge is -2.24. The molecule has 3 heterocycles. The first-order valence-electron chi connectivity index (χ1n) is 6.50. The lowest BCUT2D eigenvalue weighted by atomic mass is 10.1. The van der Waals surface area contributed by atoms with Crippen molar-refractivity contribution in [2.75, 3.05) is 7.11 Å². The van der Waals surface area contributed by atoms with E-state index in [1.807, 2.05) is 6.20 Å². The molecule has 106 valence electrons. The molecule has 6 nitrogen and oxygen atoms in total. The summed E-state index contributed by atoms with van der Waals surface area (Å²) in [6, 6.07) is 0.136. The SMILES string of the molecule is COCc1nc(C(=O)N[C@H]2CCc3nccn3C2)cs1. The van der Waals surface area contributed by atoms with Gasteiger partial charge in [0.2, 0.25) is 0 Å². The van der Waals surface area contributed by atoms with E-state index in [-0.39, 0.29) is 11.9 Å². The van der Waals surface area contributed by atoms with Crippen molar-refractivity contribution >= 4 is 17.2 Å². The number of hydrogen-bond acceptors (Lipinski definition) is 5. The second kappa shape index (κ2) is 5.72. The number of nitrogens with zero attached hydrogens (tertiary/aromatic N) is 3. The van der Waals surface area contributed by atoms with E-state index in [1.165, 1.54) is 11.3 Å². The van der Waals surface area contributed by atoms with Crippen molar-refractivity contribution in [1.29, 1.82) is 0 Å². The van der Waals surface area contributed by atoms with Gasteiger partial charge in [0.1, 0.15) is 16.5 Å². The summed E-state index contributed by atoms with van der Waals surface area (Å²) in [6.45, 7) is 1.22. The molecule has 0 saturated heterocycles. The predicted octanol–water partition coefficient (Wildman–Crippen LogP) is 1.23. The fraction of sp³-hybridized carbons (Fsp3) is 0.462. The summed E-state index contributed by atoms with van der Waals surface area (Å²) in [7, 11) is 1.62. The van der Waals surface area contributed by atoms with E-state index in [0.717, 1.165) is 30.2 Å². The van der Waals surface area contributed by atoms with Gasteiger partial charge in [0.25, 0.3) is 5.91 Å². The van der Waals surface area contributed by atoms with Crippen LogP contribution in [0.25, 0.3) is 0 Å². The first-order chi connectivity index (χ1) is 9.76. The highest BCUT2D eigenvalue weighted by Crippen LogP contribution is 2.15. The zero-order valence-electron chi connectivity index (χ0n) is 11.2. The second-order valence-corrected chi connectivity index (χ2v) is 5.71. The summed E-state index contributed by atoms with van der Waals surface area (Å²) >= 11 is 1.44. The summed E-state index contributed by atoms with van der Waals surface area (Å²) in [5, 5.41) is 5.63. The Morgan fingerprint density at radius 2 is 2.55 bits per heavy atom. The molecule has 1 aliphatic heterocycles. The van der Waals surface area contributed by atoms with Gasteiger partial charge in [-0.2, -0.15) is 0 Å². The Bertz CT molecular complexity index is 607. The molecule has 20 heavy (non-hydrogen) atoms. The highest BCUT2D eigenvalue weighted by molar-refractivity contribution is 7.09. The van der Waals surface area contributed by atoms with E-state index in [0.29, 0.717) is 12.3 Å². The van der Waals surface area contributed by atoms with Crippen LogP contribution in [0, 0.1) is 0 Å². The molecule has 0 saturated carbocycles. The molecule has 0 radical (unpaired) electrons. The molecule has 1 atom stereocenters. The van der Waals surface area contributed by atoms with Crippen LogP contribution in [0.4, 0.5) is 0 Å². The van der Waals surface area contributed by atoms with Crippen molar-refractivity contribution in [3.05, 3.63) is 34.3 Å². The van der Waals surface area contributed by atoms with Gasteiger partial charge in [-0.1, -0.05) is 0 Å².